The lowest BCUT2D eigenvalue weighted by Crippen LogP contribution is -2.16. The highest BCUT2D eigenvalue weighted by Gasteiger charge is 2.15. The molecule has 6 heteroatoms. The predicted octanol–water partition coefficient (Wildman–Crippen LogP) is 1.41. The lowest BCUT2D eigenvalue weighted by Gasteiger charge is -2.08. The third-order valence-corrected chi connectivity index (χ3v) is 3.08. The van der Waals surface area contributed by atoms with E-state index in [1.54, 1.807) is 35.1 Å². The van der Waals surface area contributed by atoms with Crippen LogP contribution in [0.2, 0.25) is 0 Å². The molecule has 100 valence electrons. The number of aryl methyl sites for hydroxylation is 1. The van der Waals surface area contributed by atoms with E-state index < -0.39 is 5.91 Å². The zero-order valence-corrected chi connectivity index (χ0v) is 10.9. The SMILES string of the molecule is Cc1ccc(C(N)=O)c(-n2ncc3ccc(N)cc32)n1. The van der Waals surface area contributed by atoms with Gasteiger partial charge >= 0.3 is 0 Å². The first kappa shape index (κ1) is 12.2. The van der Waals surface area contributed by atoms with Crippen molar-refractivity contribution < 1.29 is 4.79 Å². The molecule has 0 aliphatic rings. The molecule has 2 aromatic heterocycles. The predicted molar refractivity (Wildman–Crippen MR) is 76.5 cm³/mol. The molecule has 6 nitrogen and oxygen atoms in total. The van der Waals surface area contributed by atoms with Crippen molar-refractivity contribution in [1.82, 2.24) is 14.8 Å². The molecular formula is C14H13N5O. The molecule has 20 heavy (non-hydrogen) atoms. The van der Waals surface area contributed by atoms with Gasteiger partial charge in [-0.2, -0.15) is 5.10 Å². The lowest BCUT2D eigenvalue weighted by atomic mass is 10.2. The van der Waals surface area contributed by atoms with Crippen molar-refractivity contribution in [1.29, 1.82) is 0 Å². The number of amides is 1. The summed E-state index contributed by atoms with van der Waals surface area (Å²) < 4.78 is 1.58. The van der Waals surface area contributed by atoms with Crippen LogP contribution < -0.4 is 11.5 Å². The Labute approximate surface area is 115 Å². The molecule has 1 aromatic carbocycles. The number of hydrogen-bond acceptors (Lipinski definition) is 4. The van der Waals surface area contributed by atoms with Gasteiger partial charge in [-0.05, 0) is 37.3 Å². The number of nitrogen functional groups attached to an aromatic ring is 1. The summed E-state index contributed by atoms with van der Waals surface area (Å²) in [7, 11) is 0. The number of nitrogens with zero attached hydrogens (tertiary/aromatic N) is 3. The summed E-state index contributed by atoms with van der Waals surface area (Å²) >= 11 is 0. The Morgan fingerprint density at radius 2 is 2.05 bits per heavy atom. The van der Waals surface area contributed by atoms with Gasteiger partial charge in [0.05, 0.1) is 17.3 Å². The number of primary amides is 1. The number of carbonyl (C=O) groups is 1. The molecule has 0 saturated heterocycles. The van der Waals surface area contributed by atoms with Gasteiger partial charge in [0, 0.05) is 16.8 Å². The largest absolute Gasteiger partial charge is 0.399 e. The van der Waals surface area contributed by atoms with Gasteiger partial charge in [0.2, 0.25) is 0 Å². The monoisotopic (exact) mass is 267 g/mol. The van der Waals surface area contributed by atoms with Crippen molar-refractivity contribution in [2.24, 2.45) is 5.73 Å². The second kappa shape index (κ2) is 4.34. The fraction of sp³-hybridized carbons (Fsp3) is 0.0714. The van der Waals surface area contributed by atoms with Crippen LogP contribution >= 0.6 is 0 Å². The molecule has 0 spiro atoms. The van der Waals surface area contributed by atoms with Crippen molar-refractivity contribution in [3.05, 3.63) is 47.8 Å². The van der Waals surface area contributed by atoms with E-state index in [-0.39, 0.29) is 0 Å². The molecule has 0 unspecified atom stereocenters. The number of benzene rings is 1. The van der Waals surface area contributed by atoms with Gasteiger partial charge in [-0.15, -0.1) is 0 Å². The van der Waals surface area contributed by atoms with Crippen LogP contribution in [-0.4, -0.2) is 20.7 Å². The Bertz CT molecular complexity index is 822. The van der Waals surface area contributed by atoms with E-state index in [1.807, 2.05) is 13.0 Å². The average molecular weight is 267 g/mol. The first-order valence-electron chi connectivity index (χ1n) is 6.07. The molecule has 0 fully saturated rings. The Morgan fingerprint density at radius 3 is 2.80 bits per heavy atom. The number of aromatic nitrogens is 3. The quantitative estimate of drug-likeness (QED) is 0.685. The summed E-state index contributed by atoms with van der Waals surface area (Å²) in [6, 6.07) is 8.85. The van der Waals surface area contributed by atoms with Gasteiger partial charge in [-0.25, -0.2) is 9.67 Å². The molecule has 4 N–H and O–H groups in total. The number of anilines is 1. The second-order valence-electron chi connectivity index (χ2n) is 4.56. The van der Waals surface area contributed by atoms with Crippen molar-refractivity contribution in [2.75, 3.05) is 5.73 Å². The minimum absolute atomic E-state index is 0.322. The highest BCUT2D eigenvalue weighted by molar-refractivity contribution is 5.96. The number of pyridine rings is 1. The summed E-state index contributed by atoms with van der Waals surface area (Å²) in [6.45, 7) is 1.84. The first-order valence-corrected chi connectivity index (χ1v) is 6.07. The zero-order valence-electron chi connectivity index (χ0n) is 10.9. The van der Waals surface area contributed by atoms with Crippen LogP contribution in [0.15, 0.2) is 36.5 Å². The van der Waals surface area contributed by atoms with Gasteiger partial charge in [-0.1, -0.05) is 0 Å². The minimum Gasteiger partial charge on any atom is -0.399 e. The molecule has 1 amide bonds. The topological polar surface area (TPSA) is 99.8 Å². The molecule has 3 aromatic rings. The van der Waals surface area contributed by atoms with Crippen LogP contribution in [0.5, 0.6) is 0 Å². The highest BCUT2D eigenvalue weighted by Crippen LogP contribution is 2.21. The highest BCUT2D eigenvalue weighted by atomic mass is 16.1. The van der Waals surface area contributed by atoms with E-state index in [2.05, 4.69) is 10.1 Å². The molecule has 0 bridgehead atoms. The Hall–Kier alpha value is -2.89. The molecule has 3 rings (SSSR count). The standard InChI is InChI=1S/C14H13N5O/c1-8-2-5-11(13(16)20)14(18-8)19-12-6-10(15)4-3-9(12)7-17-19/h2-7H,15H2,1H3,(H2,16,20). The third-order valence-electron chi connectivity index (χ3n) is 3.08. The summed E-state index contributed by atoms with van der Waals surface area (Å²) in [5.74, 6) is -0.127. The van der Waals surface area contributed by atoms with E-state index >= 15 is 0 Å². The van der Waals surface area contributed by atoms with Crippen molar-refractivity contribution in [2.45, 2.75) is 6.92 Å². The maximum atomic E-state index is 11.5. The van der Waals surface area contributed by atoms with Gasteiger partial charge < -0.3 is 11.5 Å². The number of fused-ring (bicyclic) bond motifs is 1. The molecule has 0 aliphatic carbocycles. The van der Waals surface area contributed by atoms with Gasteiger partial charge in [0.25, 0.3) is 5.91 Å². The van der Waals surface area contributed by atoms with E-state index in [0.29, 0.717) is 17.1 Å². The zero-order chi connectivity index (χ0) is 14.3. The molecule has 0 aliphatic heterocycles. The van der Waals surface area contributed by atoms with E-state index in [4.69, 9.17) is 11.5 Å². The van der Waals surface area contributed by atoms with Crippen LogP contribution in [0.1, 0.15) is 16.1 Å². The van der Waals surface area contributed by atoms with Gasteiger partial charge in [-0.3, -0.25) is 4.79 Å². The number of nitrogens with two attached hydrogens (primary N) is 2. The summed E-state index contributed by atoms with van der Waals surface area (Å²) in [5.41, 5.74) is 13.7. The van der Waals surface area contributed by atoms with Gasteiger partial charge in [0.1, 0.15) is 0 Å². The number of hydrogen-bond donors (Lipinski definition) is 2. The number of carbonyl (C=O) groups excluding carboxylic acids is 1. The normalized spacial score (nSPS) is 10.8. The third kappa shape index (κ3) is 1.87. The molecule has 0 saturated carbocycles. The van der Waals surface area contributed by atoms with Crippen LogP contribution in [0.4, 0.5) is 5.69 Å². The first-order chi connectivity index (χ1) is 9.56. The Balaban J connectivity index is 2.33. The minimum atomic E-state index is -0.542. The average Bonchev–Trinajstić information content (AvgIpc) is 2.81. The maximum absolute atomic E-state index is 11.5. The maximum Gasteiger partial charge on any atom is 0.252 e. The van der Waals surface area contributed by atoms with Crippen molar-refractivity contribution in [3.8, 4) is 5.82 Å². The second-order valence-corrected chi connectivity index (χ2v) is 4.56. The lowest BCUT2D eigenvalue weighted by molar-refractivity contribution is 0.1000. The van der Waals surface area contributed by atoms with Crippen molar-refractivity contribution >= 4 is 22.5 Å². The van der Waals surface area contributed by atoms with E-state index in [1.165, 1.54) is 0 Å². The summed E-state index contributed by atoms with van der Waals surface area (Å²) in [5, 5.41) is 5.20. The molecular weight excluding hydrogens is 254 g/mol. The van der Waals surface area contributed by atoms with Crippen LogP contribution in [0.3, 0.4) is 0 Å². The van der Waals surface area contributed by atoms with Crippen LogP contribution in [0, 0.1) is 6.92 Å². The Kier molecular flexibility index (Phi) is 2.64. The van der Waals surface area contributed by atoms with Crippen LogP contribution in [0.25, 0.3) is 16.7 Å². The van der Waals surface area contributed by atoms with E-state index in [9.17, 15) is 4.79 Å². The number of rotatable bonds is 2. The van der Waals surface area contributed by atoms with E-state index in [0.717, 1.165) is 16.6 Å². The molecule has 0 radical (unpaired) electrons. The molecule has 0 atom stereocenters. The molecule has 2 heterocycles. The fourth-order valence-electron chi connectivity index (χ4n) is 2.10. The fourth-order valence-corrected chi connectivity index (χ4v) is 2.10. The Morgan fingerprint density at radius 1 is 1.25 bits per heavy atom. The van der Waals surface area contributed by atoms with Crippen molar-refractivity contribution in [3.63, 3.8) is 0 Å². The summed E-state index contributed by atoms with van der Waals surface area (Å²) in [6.07, 6.45) is 1.70. The smallest absolute Gasteiger partial charge is 0.252 e. The summed E-state index contributed by atoms with van der Waals surface area (Å²) in [4.78, 5) is 15.9. The van der Waals surface area contributed by atoms with Gasteiger partial charge in [0.15, 0.2) is 5.82 Å². The van der Waals surface area contributed by atoms with Crippen LogP contribution in [-0.2, 0) is 0 Å².